The van der Waals surface area contributed by atoms with Gasteiger partial charge < -0.3 is 0 Å². The van der Waals surface area contributed by atoms with Crippen LogP contribution in [0.2, 0.25) is 0 Å². The summed E-state index contributed by atoms with van der Waals surface area (Å²) >= 11 is 0. The lowest BCUT2D eigenvalue weighted by molar-refractivity contribution is -0.116. The van der Waals surface area contributed by atoms with Gasteiger partial charge in [-0.05, 0) is 26.7 Å². The van der Waals surface area contributed by atoms with E-state index < -0.39 is 15.1 Å². The highest BCUT2D eigenvalue weighted by atomic mass is 32.2. The van der Waals surface area contributed by atoms with Crippen molar-refractivity contribution in [3.63, 3.8) is 0 Å². The van der Waals surface area contributed by atoms with Gasteiger partial charge in [-0.3, -0.25) is 4.79 Å². The van der Waals surface area contributed by atoms with E-state index in [1.165, 1.54) is 13.8 Å². The van der Waals surface area contributed by atoms with Crippen LogP contribution in [0.25, 0.3) is 0 Å². The van der Waals surface area contributed by atoms with E-state index >= 15 is 0 Å². The summed E-state index contributed by atoms with van der Waals surface area (Å²) in [4.78, 5) is 11.1. The highest BCUT2D eigenvalue weighted by Gasteiger charge is 2.34. The van der Waals surface area contributed by atoms with Gasteiger partial charge >= 0.3 is 0 Å². The zero-order valence-electron chi connectivity index (χ0n) is 8.82. The largest absolute Gasteiger partial charge is 0.299 e. The van der Waals surface area contributed by atoms with Gasteiger partial charge in [0.2, 0.25) is 0 Å². The second-order valence-electron chi connectivity index (χ2n) is 4.10. The number of ketones is 1. The lowest BCUT2D eigenvalue weighted by Crippen LogP contribution is -2.35. The zero-order valence-corrected chi connectivity index (χ0v) is 9.64. The maximum atomic E-state index is 11.9. The number of carbonyl (C=O) groups excluding carboxylic acids is 1. The van der Waals surface area contributed by atoms with Gasteiger partial charge in [-0.25, -0.2) is 8.42 Å². The van der Waals surface area contributed by atoms with Crippen LogP contribution in [0.15, 0.2) is 0 Å². The summed E-state index contributed by atoms with van der Waals surface area (Å²) in [6.45, 7) is 2.86. The first-order valence-electron chi connectivity index (χ1n) is 5.19. The SMILES string of the molecule is CC(=O)C(C)S(=O)(=O)C1CCCCC1. The molecule has 82 valence electrons. The monoisotopic (exact) mass is 218 g/mol. The number of sulfone groups is 1. The molecule has 0 saturated heterocycles. The van der Waals surface area contributed by atoms with Gasteiger partial charge in [0.05, 0.1) is 5.25 Å². The van der Waals surface area contributed by atoms with Crippen molar-refractivity contribution in [1.29, 1.82) is 0 Å². The Morgan fingerprint density at radius 3 is 2.14 bits per heavy atom. The smallest absolute Gasteiger partial charge is 0.162 e. The van der Waals surface area contributed by atoms with Crippen molar-refractivity contribution in [2.24, 2.45) is 0 Å². The molecule has 1 atom stereocenters. The van der Waals surface area contributed by atoms with Crippen molar-refractivity contribution in [2.75, 3.05) is 0 Å². The molecular formula is C10H18O3S. The third-order valence-corrected chi connectivity index (χ3v) is 5.80. The molecule has 1 aliphatic rings. The number of hydrogen-bond acceptors (Lipinski definition) is 3. The standard InChI is InChI=1S/C10H18O3S/c1-8(11)9(2)14(12,13)10-6-4-3-5-7-10/h9-10H,3-7H2,1-2H3. The van der Waals surface area contributed by atoms with Gasteiger partial charge in [-0.1, -0.05) is 19.3 Å². The van der Waals surface area contributed by atoms with Crippen molar-refractivity contribution in [2.45, 2.75) is 56.5 Å². The highest BCUT2D eigenvalue weighted by molar-refractivity contribution is 7.93. The quantitative estimate of drug-likeness (QED) is 0.724. The summed E-state index contributed by atoms with van der Waals surface area (Å²) in [5.74, 6) is -0.240. The minimum atomic E-state index is -3.21. The van der Waals surface area contributed by atoms with Crippen molar-refractivity contribution >= 4 is 15.6 Å². The number of carbonyl (C=O) groups is 1. The molecule has 0 amide bonds. The first-order valence-corrected chi connectivity index (χ1v) is 6.80. The van der Waals surface area contributed by atoms with Crippen LogP contribution in [0.3, 0.4) is 0 Å². The summed E-state index contributed by atoms with van der Waals surface area (Å²) in [6.07, 6.45) is 4.56. The average Bonchev–Trinajstić information content (AvgIpc) is 2.18. The second-order valence-corrected chi connectivity index (χ2v) is 6.65. The molecule has 0 heterocycles. The van der Waals surface area contributed by atoms with Gasteiger partial charge in [0.1, 0.15) is 11.0 Å². The highest BCUT2D eigenvalue weighted by Crippen LogP contribution is 2.26. The molecule has 1 fully saturated rings. The molecule has 4 heteroatoms. The summed E-state index contributed by atoms with van der Waals surface area (Å²) in [6, 6.07) is 0. The number of hydrogen-bond donors (Lipinski definition) is 0. The minimum absolute atomic E-state index is 0.240. The van der Waals surface area contributed by atoms with Gasteiger partial charge in [0.15, 0.2) is 9.84 Å². The molecule has 0 aromatic rings. The summed E-state index contributed by atoms with van der Waals surface area (Å²) < 4.78 is 23.8. The van der Waals surface area contributed by atoms with E-state index in [-0.39, 0.29) is 11.0 Å². The van der Waals surface area contributed by atoms with Crippen molar-refractivity contribution < 1.29 is 13.2 Å². The Kier molecular flexibility index (Phi) is 3.70. The third-order valence-electron chi connectivity index (χ3n) is 3.08. The molecule has 0 spiro atoms. The Bertz CT molecular complexity index is 299. The Morgan fingerprint density at radius 1 is 1.21 bits per heavy atom. The van der Waals surface area contributed by atoms with E-state index in [2.05, 4.69) is 0 Å². The Morgan fingerprint density at radius 2 is 1.71 bits per heavy atom. The van der Waals surface area contributed by atoms with E-state index in [4.69, 9.17) is 0 Å². The van der Waals surface area contributed by atoms with Gasteiger partial charge in [0, 0.05) is 0 Å². The molecule has 3 nitrogen and oxygen atoms in total. The number of Topliss-reactive ketones (excluding diaryl/α,β-unsaturated/α-hetero) is 1. The lowest BCUT2D eigenvalue weighted by atomic mass is 10.0. The minimum Gasteiger partial charge on any atom is -0.299 e. The van der Waals surface area contributed by atoms with Crippen LogP contribution in [0.1, 0.15) is 46.0 Å². The molecule has 0 bridgehead atoms. The molecule has 0 N–H and O–H groups in total. The maximum absolute atomic E-state index is 11.9. The van der Waals surface area contributed by atoms with Crippen molar-refractivity contribution in [1.82, 2.24) is 0 Å². The molecule has 0 aliphatic heterocycles. The second kappa shape index (κ2) is 4.43. The predicted octanol–water partition coefficient (Wildman–Crippen LogP) is 1.71. The van der Waals surface area contributed by atoms with Crippen LogP contribution in [0.5, 0.6) is 0 Å². The average molecular weight is 218 g/mol. The molecule has 14 heavy (non-hydrogen) atoms. The molecule has 1 rings (SSSR count). The molecule has 0 aromatic heterocycles. The van der Waals surface area contributed by atoms with Gasteiger partial charge in [-0.2, -0.15) is 0 Å². The summed E-state index contributed by atoms with van der Waals surface area (Å²) in [5.41, 5.74) is 0. The maximum Gasteiger partial charge on any atom is 0.162 e. The first-order chi connectivity index (χ1) is 6.46. The Hall–Kier alpha value is -0.380. The zero-order chi connectivity index (χ0) is 10.8. The Labute approximate surface area is 85.8 Å². The van der Waals surface area contributed by atoms with E-state index in [0.717, 1.165) is 32.1 Å². The molecule has 1 unspecified atom stereocenters. The fraction of sp³-hybridized carbons (Fsp3) is 0.900. The van der Waals surface area contributed by atoms with Crippen LogP contribution in [0.4, 0.5) is 0 Å². The van der Waals surface area contributed by atoms with Crippen molar-refractivity contribution in [3.8, 4) is 0 Å². The van der Waals surface area contributed by atoms with Gasteiger partial charge in [0.25, 0.3) is 0 Å². The van der Waals surface area contributed by atoms with Crippen LogP contribution in [0, 0.1) is 0 Å². The normalized spacial score (nSPS) is 21.9. The first kappa shape index (κ1) is 11.7. The molecule has 0 aromatic carbocycles. The summed E-state index contributed by atoms with van der Waals surface area (Å²) in [5, 5.41) is -1.08. The van der Waals surface area contributed by atoms with Crippen LogP contribution in [-0.4, -0.2) is 24.7 Å². The molecule has 0 radical (unpaired) electrons. The van der Waals surface area contributed by atoms with Crippen LogP contribution in [-0.2, 0) is 14.6 Å². The predicted molar refractivity (Wildman–Crippen MR) is 55.9 cm³/mol. The summed E-state index contributed by atoms with van der Waals surface area (Å²) in [7, 11) is -3.21. The third kappa shape index (κ3) is 2.35. The molecule has 1 aliphatic carbocycles. The topological polar surface area (TPSA) is 51.2 Å². The van der Waals surface area contributed by atoms with Crippen LogP contribution >= 0.6 is 0 Å². The fourth-order valence-electron chi connectivity index (χ4n) is 1.91. The van der Waals surface area contributed by atoms with Crippen LogP contribution < -0.4 is 0 Å². The van der Waals surface area contributed by atoms with E-state index in [1.807, 2.05) is 0 Å². The molecule has 1 saturated carbocycles. The Balaban J connectivity index is 2.78. The van der Waals surface area contributed by atoms with Gasteiger partial charge in [-0.15, -0.1) is 0 Å². The fourth-order valence-corrected chi connectivity index (χ4v) is 3.94. The van der Waals surface area contributed by atoms with E-state index in [1.54, 1.807) is 0 Å². The number of rotatable bonds is 3. The van der Waals surface area contributed by atoms with E-state index in [0.29, 0.717) is 0 Å². The molecular weight excluding hydrogens is 200 g/mol. The lowest BCUT2D eigenvalue weighted by Gasteiger charge is -2.24. The van der Waals surface area contributed by atoms with E-state index in [9.17, 15) is 13.2 Å². The van der Waals surface area contributed by atoms with Crippen molar-refractivity contribution in [3.05, 3.63) is 0 Å².